The normalized spacial score (nSPS) is 12.9. The second kappa shape index (κ2) is 8.91. The lowest BCUT2D eigenvalue weighted by atomic mass is 10.2. The van der Waals surface area contributed by atoms with Crippen LogP contribution in [0.3, 0.4) is 0 Å². The molecule has 0 aromatic heterocycles. The Bertz CT molecular complexity index is 833. The number of alkyl halides is 3. The van der Waals surface area contributed by atoms with Crippen molar-refractivity contribution in [2.45, 2.75) is 38.5 Å². The van der Waals surface area contributed by atoms with Crippen LogP contribution in [-0.2, 0) is 26.1 Å². The minimum absolute atomic E-state index is 0.252. The molecule has 0 aliphatic carbocycles. The van der Waals surface area contributed by atoms with Crippen LogP contribution < -0.4 is 15.0 Å². The van der Waals surface area contributed by atoms with Gasteiger partial charge < -0.3 is 9.47 Å². The summed E-state index contributed by atoms with van der Waals surface area (Å²) in [6.45, 7) is 4.15. The van der Waals surface area contributed by atoms with Crippen LogP contribution in [0.4, 0.5) is 22.8 Å². The molecule has 0 unspecified atom stereocenters. The van der Waals surface area contributed by atoms with Gasteiger partial charge in [0.1, 0.15) is 12.2 Å². The molecule has 1 rings (SSSR count). The van der Waals surface area contributed by atoms with Crippen LogP contribution in [0.2, 0.25) is 0 Å². The standard InChI is InChI=1S/C15H18F3N3O6S/c1-14(2,3)27-13(23)20-11(21-28(24,25)15(16,17)18)19-12(22)26-9-10-7-5-4-6-8-10/h4-8H,9H2,1-3H3,(H2,19,20,21,22,23)/p+1. The lowest BCUT2D eigenvalue weighted by Crippen LogP contribution is -2.85. The fourth-order valence-electron chi connectivity index (χ4n) is 1.54. The Morgan fingerprint density at radius 2 is 1.57 bits per heavy atom. The van der Waals surface area contributed by atoms with Gasteiger partial charge in [0.15, 0.2) is 0 Å². The predicted octanol–water partition coefficient (Wildman–Crippen LogP) is 0.724. The monoisotopic (exact) mass is 426 g/mol. The Morgan fingerprint density at radius 1 is 1.04 bits per heavy atom. The van der Waals surface area contributed by atoms with Crippen molar-refractivity contribution in [3.63, 3.8) is 0 Å². The van der Waals surface area contributed by atoms with Gasteiger partial charge in [0.05, 0.1) is 0 Å². The minimum Gasteiger partial charge on any atom is -0.433 e. The van der Waals surface area contributed by atoms with Gasteiger partial charge in [-0.15, -0.1) is 0 Å². The highest BCUT2D eigenvalue weighted by Crippen LogP contribution is 2.18. The molecule has 0 radical (unpaired) electrons. The van der Waals surface area contributed by atoms with Gasteiger partial charge in [-0.05, 0) is 26.3 Å². The fraction of sp³-hybridized carbons (Fsp3) is 0.400. The third-order valence-corrected chi connectivity index (χ3v) is 3.69. The maximum atomic E-state index is 12.6. The zero-order valence-electron chi connectivity index (χ0n) is 15.1. The highest BCUT2D eigenvalue weighted by molar-refractivity contribution is 7.85. The Balaban J connectivity index is 2.94. The number of hydrogen-bond donors (Lipinski definition) is 3. The van der Waals surface area contributed by atoms with E-state index in [1.807, 2.05) is 0 Å². The molecule has 28 heavy (non-hydrogen) atoms. The Labute approximate surface area is 159 Å². The molecule has 2 amide bonds. The van der Waals surface area contributed by atoms with Crippen molar-refractivity contribution in [1.29, 1.82) is 0 Å². The molecule has 0 fully saturated rings. The molecule has 0 aliphatic heterocycles. The SMILES string of the molecule is CC(C)(C)OC(=O)NC(NC(=O)OCc1ccccc1)=[NH+]S(=O)(=O)C(F)(F)F. The summed E-state index contributed by atoms with van der Waals surface area (Å²) in [5, 5.41) is 3.37. The first-order valence-electron chi connectivity index (χ1n) is 7.63. The minimum atomic E-state index is -5.93. The fourth-order valence-corrected chi connectivity index (χ4v) is 2.03. The maximum Gasteiger partial charge on any atom is 0.529 e. The lowest BCUT2D eigenvalue weighted by Gasteiger charge is -2.17. The number of sulfonamides is 1. The summed E-state index contributed by atoms with van der Waals surface area (Å²) in [5.74, 6) is -1.20. The summed E-state index contributed by atoms with van der Waals surface area (Å²) in [5.41, 5.74) is -6.16. The number of hydrogen-bond acceptors (Lipinski definition) is 6. The zero-order chi connectivity index (χ0) is 21.6. The van der Waals surface area contributed by atoms with Crippen LogP contribution in [0.5, 0.6) is 0 Å². The Morgan fingerprint density at radius 3 is 2.07 bits per heavy atom. The van der Waals surface area contributed by atoms with Crippen molar-refractivity contribution >= 4 is 28.2 Å². The van der Waals surface area contributed by atoms with Crippen LogP contribution in [0, 0.1) is 0 Å². The van der Waals surface area contributed by atoms with E-state index in [1.54, 1.807) is 41.0 Å². The quantitative estimate of drug-likeness (QED) is 0.483. The first kappa shape index (κ1) is 23.2. The van der Waals surface area contributed by atoms with Crippen LogP contribution >= 0.6 is 0 Å². The summed E-state index contributed by atoms with van der Waals surface area (Å²) in [4.78, 5) is 23.5. The predicted molar refractivity (Wildman–Crippen MR) is 90.1 cm³/mol. The largest absolute Gasteiger partial charge is 0.529 e. The number of ether oxygens (including phenoxy) is 2. The van der Waals surface area contributed by atoms with Gasteiger partial charge >= 0.3 is 33.7 Å². The molecule has 0 saturated heterocycles. The molecule has 156 valence electrons. The van der Waals surface area contributed by atoms with Gasteiger partial charge in [0.2, 0.25) is 0 Å². The number of carbonyl (C=O) groups is 2. The van der Waals surface area contributed by atoms with Crippen molar-refractivity contribution in [2.75, 3.05) is 0 Å². The van der Waals surface area contributed by atoms with Gasteiger partial charge in [0.25, 0.3) is 0 Å². The second-order valence-electron chi connectivity index (χ2n) is 6.24. The molecule has 0 bridgehead atoms. The number of benzene rings is 1. The van der Waals surface area contributed by atoms with Gasteiger partial charge in [0, 0.05) is 0 Å². The maximum absolute atomic E-state index is 12.6. The third-order valence-electron chi connectivity index (χ3n) is 2.61. The Kier molecular flexibility index (Phi) is 7.38. The second-order valence-corrected chi connectivity index (χ2v) is 7.91. The van der Waals surface area contributed by atoms with E-state index in [4.69, 9.17) is 9.47 Å². The number of nitrogens with one attached hydrogen (secondary N) is 3. The van der Waals surface area contributed by atoms with E-state index < -0.39 is 39.3 Å². The molecular formula is C15H19F3N3O6S+. The molecule has 9 nitrogen and oxygen atoms in total. The van der Waals surface area contributed by atoms with Crippen molar-refractivity contribution in [1.82, 2.24) is 10.6 Å². The van der Waals surface area contributed by atoms with E-state index in [-0.39, 0.29) is 6.61 Å². The first-order chi connectivity index (χ1) is 12.7. The van der Waals surface area contributed by atoms with Crippen LogP contribution in [0.25, 0.3) is 0 Å². The number of halogens is 3. The first-order valence-corrected chi connectivity index (χ1v) is 9.12. The number of guanidine groups is 1. The van der Waals surface area contributed by atoms with Crippen molar-refractivity contribution < 1.29 is 45.0 Å². The summed E-state index contributed by atoms with van der Waals surface area (Å²) >= 11 is 0. The van der Waals surface area contributed by atoms with Gasteiger partial charge in [-0.2, -0.15) is 36.6 Å². The summed E-state index contributed by atoms with van der Waals surface area (Å²) in [6.07, 6.45) is -2.63. The zero-order valence-corrected chi connectivity index (χ0v) is 15.9. The van der Waals surface area contributed by atoms with E-state index in [1.165, 1.54) is 20.8 Å². The van der Waals surface area contributed by atoms with Crippen LogP contribution in [-0.4, -0.2) is 37.7 Å². The van der Waals surface area contributed by atoms with E-state index in [0.29, 0.717) is 5.56 Å². The molecule has 0 spiro atoms. The summed E-state index contributed by atoms with van der Waals surface area (Å²) in [6, 6.07) is 8.27. The summed E-state index contributed by atoms with van der Waals surface area (Å²) in [7, 11) is -5.93. The van der Waals surface area contributed by atoms with E-state index in [2.05, 4.69) is 0 Å². The smallest absolute Gasteiger partial charge is 0.433 e. The van der Waals surface area contributed by atoms with Crippen LogP contribution in [0.1, 0.15) is 26.3 Å². The summed E-state index contributed by atoms with van der Waals surface area (Å²) < 4.78 is 70.8. The van der Waals surface area contributed by atoms with E-state index >= 15 is 0 Å². The number of amides is 2. The van der Waals surface area contributed by atoms with Gasteiger partial charge in [-0.3, -0.25) is 0 Å². The number of carbonyl (C=O) groups excluding carboxylic acids is 2. The average Bonchev–Trinajstić information content (AvgIpc) is 2.50. The topological polar surface area (TPSA) is 125 Å². The average molecular weight is 426 g/mol. The van der Waals surface area contributed by atoms with E-state index in [9.17, 15) is 31.2 Å². The highest BCUT2D eigenvalue weighted by Gasteiger charge is 2.48. The molecular weight excluding hydrogens is 407 g/mol. The highest BCUT2D eigenvalue weighted by atomic mass is 32.2. The van der Waals surface area contributed by atoms with Crippen molar-refractivity contribution in [3.05, 3.63) is 35.9 Å². The Hall–Kier alpha value is -2.83. The molecule has 0 aliphatic rings. The van der Waals surface area contributed by atoms with Crippen LogP contribution in [0.15, 0.2) is 30.3 Å². The molecule has 3 N–H and O–H groups in total. The molecule has 1 aromatic carbocycles. The van der Waals surface area contributed by atoms with Crippen molar-refractivity contribution in [2.24, 2.45) is 0 Å². The third kappa shape index (κ3) is 8.24. The van der Waals surface area contributed by atoms with Gasteiger partial charge in [-0.25, -0.2) is 9.59 Å². The molecule has 0 heterocycles. The lowest BCUT2D eigenvalue weighted by molar-refractivity contribution is -0.292. The molecule has 0 atom stereocenters. The van der Waals surface area contributed by atoms with Crippen molar-refractivity contribution in [3.8, 4) is 0 Å². The molecule has 1 aromatic rings. The molecule has 0 saturated carbocycles. The van der Waals surface area contributed by atoms with E-state index in [0.717, 1.165) is 4.40 Å². The number of rotatable bonds is 3. The molecule has 13 heteroatoms. The van der Waals surface area contributed by atoms with Gasteiger partial charge in [-0.1, -0.05) is 30.3 Å². The number of alkyl carbamates (subject to hydrolysis) is 2.